The predicted octanol–water partition coefficient (Wildman–Crippen LogP) is 4.05. The molecule has 130 valence electrons. The molecule has 0 spiro atoms. The van der Waals surface area contributed by atoms with Crippen LogP contribution in [0.2, 0.25) is 5.02 Å². The summed E-state index contributed by atoms with van der Waals surface area (Å²) in [4.78, 5) is 24.5. The van der Waals surface area contributed by atoms with Crippen LogP contribution in [0.15, 0.2) is 30.5 Å². The van der Waals surface area contributed by atoms with Gasteiger partial charge >= 0.3 is 5.97 Å². The van der Waals surface area contributed by atoms with Crippen molar-refractivity contribution < 1.29 is 14.3 Å². The van der Waals surface area contributed by atoms with Gasteiger partial charge in [0.05, 0.1) is 17.8 Å². The van der Waals surface area contributed by atoms with Gasteiger partial charge in [0.15, 0.2) is 0 Å². The van der Waals surface area contributed by atoms with Crippen molar-refractivity contribution in [2.24, 2.45) is 0 Å². The van der Waals surface area contributed by atoms with Gasteiger partial charge in [-0.15, -0.1) is 11.3 Å². The third-order valence-electron chi connectivity index (χ3n) is 3.79. The molecule has 0 saturated carbocycles. The smallest absolute Gasteiger partial charge is 0.349 e. The van der Waals surface area contributed by atoms with Gasteiger partial charge in [-0.3, -0.25) is 9.48 Å². The van der Waals surface area contributed by atoms with Crippen molar-refractivity contribution in [1.82, 2.24) is 9.78 Å². The van der Waals surface area contributed by atoms with Gasteiger partial charge < -0.3 is 10.1 Å². The van der Waals surface area contributed by atoms with Crippen LogP contribution in [-0.4, -0.2) is 28.8 Å². The maximum absolute atomic E-state index is 12.4. The van der Waals surface area contributed by atoms with E-state index in [1.165, 1.54) is 18.4 Å². The molecule has 1 N–H and O–H groups in total. The molecule has 0 aliphatic rings. The van der Waals surface area contributed by atoms with Gasteiger partial charge in [-0.05, 0) is 38.1 Å². The van der Waals surface area contributed by atoms with Gasteiger partial charge in [0, 0.05) is 22.0 Å². The zero-order valence-corrected chi connectivity index (χ0v) is 15.4. The van der Waals surface area contributed by atoms with Crippen molar-refractivity contribution in [3.63, 3.8) is 0 Å². The molecule has 1 unspecified atom stereocenters. The largest absolute Gasteiger partial charge is 0.465 e. The quantitative estimate of drug-likeness (QED) is 0.696. The van der Waals surface area contributed by atoms with Crippen LogP contribution >= 0.6 is 22.9 Å². The number of carbonyl (C=O) groups excluding carboxylic acids is 2. The number of methoxy groups -OCH3 is 1. The fourth-order valence-electron chi connectivity index (χ4n) is 2.38. The maximum atomic E-state index is 12.4. The number of benzene rings is 1. The molecular weight excluding hydrogens is 362 g/mol. The zero-order valence-electron chi connectivity index (χ0n) is 13.9. The minimum atomic E-state index is -0.473. The van der Waals surface area contributed by atoms with Crippen LogP contribution in [0.3, 0.4) is 0 Å². The molecule has 1 aromatic carbocycles. The summed E-state index contributed by atoms with van der Waals surface area (Å²) < 4.78 is 7.14. The van der Waals surface area contributed by atoms with E-state index in [4.69, 9.17) is 16.3 Å². The molecule has 1 amide bonds. The molecule has 6 nitrogen and oxygen atoms in total. The SMILES string of the molecule is COC(=O)c1sc2cc(NC(=O)C(C)n3ccc(C)n3)ccc2c1Cl. The van der Waals surface area contributed by atoms with E-state index in [9.17, 15) is 9.59 Å². The van der Waals surface area contributed by atoms with E-state index < -0.39 is 12.0 Å². The molecule has 0 saturated heterocycles. The van der Waals surface area contributed by atoms with E-state index in [-0.39, 0.29) is 5.91 Å². The molecule has 0 aliphatic carbocycles. The van der Waals surface area contributed by atoms with Crippen molar-refractivity contribution in [2.45, 2.75) is 19.9 Å². The van der Waals surface area contributed by atoms with Crippen LogP contribution in [0.4, 0.5) is 5.69 Å². The van der Waals surface area contributed by atoms with Gasteiger partial charge in [-0.2, -0.15) is 5.10 Å². The van der Waals surface area contributed by atoms with Gasteiger partial charge in [0.1, 0.15) is 10.9 Å². The summed E-state index contributed by atoms with van der Waals surface area (Å²) in [5.74, 6) is -0.655. The Morgan fingerprint density at radius 2 is 2.12 bits per heavy atom. The third-order valence-corrected chi connectivity index (χ3v) is 5.42. The van der Waals surface area contributed by atoms with Crippen LogP contribution in [0.25, 0.3) is 10.1 Å². The highest BCUT2D eigenvalue weighted by molar-refractivity contribution is 7.21. The van der Waals surface area contributed by atoms with Crippen molar-refractivity contribution in [3.8, 4) is 0 Å². The highest BCUT2D eigenvalue weighted by Gasteiger charge is 2.19. The Morgan fingerprint density at radius 3 is 2.76 bits per heavy atom. The fourth-order valence-corrected chi connectivity index (χ4v) is 3.85. The number of nitrogens with zero attached hydrogens (tertiary/aromatic N) is 2. The number of hydrogen-bond donors (Lipinski definition) is 1. The van der Waals surface area contributed by atoms with Gasteiger partial charge in [0.2, 0.25) is 5.91 Å². The lowest BCUT2D eigenvalue weighted by Crippen LogP contribution is -2.24. The third kappa shape index (κ3) is 3.38. The minimum absolute atomic E-state index is 0.182. The lowest BCUT2D eigenvalue weighted by molar-refractivity contribution is -0.119. The number of thiophene rings is 1. The number of carbonyl (C=O) groups is 2. The molecule has 3 aromatic rings. The standard InChI is InChI=1S/C17H16ClN3O3S/c1-9-6-7-21(20-9)10(2)16(22)19-11-4-5-12-13(8-11)25-15(14(12)18)17(23)24-3/h4-8,10H,1-3H3,(H,19,22). The first kappa shape index (κ1) is 17.4. The molecule has 0 fully saturated rings. The summed E-state index contributed by atoms with van der Waals surface area (Å²) in [5.41, 5.74) is 1.48. The lowest BCUT2D eigenvalue weighted by atomic mass is 10.2. The summed E-state index contributed by atoms with van der Waals surface area (Å²) in [7, 11) is 1.31. The molecule has 8 heteroatoms. The van der Waals surface area contributed by atoms with E-state index in [2.05, 4.69) is 10.4 Å². The molecule has 0 radical (unpaired) electrons. The number of amides is 1. The zero-order chi connectivity index (χ0) is 18.1. The van der Waals surface area contributed by atoms with Crippen LogP contribution in [0.5, 0.6) is 0 Å². The molecule has 2 heterocycles. The van der Waals surface area contributed by atoms with E-state index in [1.54, 1.807) is 36.0 Å². The van der Waals surface area contributed by atoms with Crippen molar-refractivity contribution in [2.75, 3.05) is 12.4 Å². The second-order valence-electron chi connectivity index (χ2n) is 5.55. The molecule has 0 bridgehead atoms. The number of aromatic nitrogens is 2. The first-order chi connectivity index (χ1) is 11.9. The van der Waals surface area contributed by atoms with Crippen molar-refractivity contribution in [1.29, 1.82) is 0 Å². The van der Waals surface area contributed by atoms with E-state index in [1.807, 2.05) is 13.0 Å². The average molecular weight is 378 g/mol. The molecule has 25 heavy (non-hydrogen) atoms. The number of esters is 1. The van der Waals surface area contributed by atoms with E-state index in [0.717, 1.165) is 15.8 Å². The Hall–Kier alpha value is -2.38. The number of anilines is 1. The second-order valence-corrected chi connectivity index (χ2v) is 6.98. The maximum Gasteiger partial charge on any atom is 0.349 e. The van der Waals surface area contributed by atoms with Crippen LogP contribution < -0.4 is 5.32 Å². The monoisotopic (exact) mass is 377 g/mol. The second kappa shape index (κ2) is 6.85. The normalized spacial score (nSPS) is 12.2. The Balaban J connectivity index is 1.84. The van der Waals surface area contributed by atoms with Crippen LogP contribution in [0.1, 0.15) is 28.3 Å². The summed E-state index contributed by atoms with van der Waals surface area (Å²) in [5, 5.41) is 8.23. The Kier molecular flexibility index (Phi) is 4.78. The predicted molar refractivity (Wildman–Crippen MR) is 98.5 cm³/mol. The van der Waals surface area contributed by atoms with Crippen LogP contribution in [-0.2, 0) is 9.53 Å². The highest BCUT2D eigenvalue weighted by Crippen LogP contribution is 2.37. The topological polar surface area (TPSA) is 73.2 Å². The minimum Gasteiger partial charge on any atom is -0.465 e. The van der Waals surface area contributed by atoms with Crippen molar-refractivity contribution >= 4 is 50.6 Å². The molecule has 2 aromatic heterocycles. The molecular formula is C17H16ClN3O3S. The number of aryl methyl sites for hydroxylation is 1. The van der Waals surface area contributed by atoms with Crippen LogP contribution in [0, 0.1) is 6.92 Å². The Bertz CT molecular complexity index is 963. The number of halogens is 1. The van der Waals surface area contributed by atoms with Gasteiger partial charge in [0.25, 0.3) is 0 Å². The first-order valence-corrected chi connectivity index (χ1v) is 8.73. The fraction of sp³-hybridized carbons (Fsp3) is 0.235. The number of ether oxygens (including phenoxy) is 1. The number of rotatable bonds is 4. The number of hydrogen-bond acceptors (Lipinski definition) is 5. The van der Waals surface area contributed by atoms with E-state index in [0.29, 0.717) is 15.6 Å². The number of nitrogens with one attached hydrogen (secondary N) is 1. The van der Waals surface area contributed by atoms with Gasteiger partial charge in [-0.25, -0.2) is 4.79 Å². The average Bonchev–Trinajstić information content (AvgIpc) is 3.17. The highest BCUT2D eigenvalue weighted by atomic mass is 35.5. The molecule has 3 rings (SSSR count). The summed E-state index contributed by atoms with van der Waals surface area (Å²) in [6.07, 6.45) is 1.77. The molecule has 1 atom stereocenters. The summed E-state index contributed by atoms with van der Waals surface area (Å²) in [6.45, 7) is 3.64. The number of fused-ring (bicyclic) bond motifs is 1. The summed E-state index contributed by atoms with van der Waals surface area (Å²) >= 11 is 7.46. The Labute approximate surface area is 153 Å². The lowest BCUT2D eigenvalue weighted by Gasteiger charge is -2.12. The van der Waals surface area contributed by atoms with Gasteiger partial charge in [-0.1, -0.05) is 11.6 Å². The first-order valence-electron chi connectivity index (χ1n) is 7.53. The Morgan fingerprint density at radius 1 is 1.36 bits per heavy atom. The van der Waals surface area contributed by atoms with Crippen molar-refractivity contribution in [3.05, 3.63) is 46.1 Å². The molecule has 0 aliphatic heterocycles. The van der Waals surface area contributed by atoms with E-state index >= 15 is 0 Å². The summed E-state index contributed by atoms with van der Waals surface area (Å²) in [6, 6.07) is 6.72.